The van der Waals surface area contributed by atoms with E-state index in [-0.39, 0.29) is 5.56 Å². The Balaban J connectivity index is 2.16. The van der Waals surface area contributed by atoms with Gasteiger partial charge >= 0.3 is 0 Å². The fourth-order valence-corrected chi connectivity index (χ4v) is 2.98. The van der Waals surface area contributed by atoms with Gasteiger partial charge in [-0.2, -0.15) is 0 Å². The number of H-pyrrole nitrogens is 1. The number of hydrogen-bond donors (Lipinski definition) is 1. The highest BCUT2D eigenvalue weighted by Gasteiger charge is 2.16. The van der Waals surface area contributed by atoms with Crippen LogP contribution in [0, 0.1) is 0 Å². The van der Waals surface area contributed by atoms with Gasteiger partial charge in [0.25, 0.3) is 5.56 Å². The van der Waals surface area contributed by atoms with Gasteiger partial charge in [-0.3, -0.25) is 4.79 Å². The molecule has 3 rings (SSSR count). The number of hydrogen-bond acceptors (Lipinski definition) is 2. The normalized spacial score (nSPS) is 14.7. The Morgan fingerprint density at radius 2 is 1.90 bits per heavy atom. The predicted octanol–water partition coefficient (Wildman–Crippen LogP) is 4.01. The fraction of sp³-hybridized carbons (Fsp3) is 0.333. The molecular formula is C15H14Cl2N2O. The second-order valence-electron chi connectivity index (χ2n) is 5.00. The summed E-state index contributed by atoms with van der Waals surface area (Å²) in [5.74, 6) is 0.503. The third-order valence-electron chi connectivity index (χ3n) is 3.65. The molecule has 3 nitrogen and oxygen atoms in total. The average Bonchev–Trinajstić information content (AvgIpc) is 2.67. The molecule has 0 saturated carbocycles. The molecule has 0 radical (unpaired) electrons. The molecule has 0 bridgehead atoms. The highest BCUT2D eigenvalue weighted by molar-refractivity contribution is 6.43. The summed E-state index contributed by atoms with van der Waals surface area (Å²) in [6, 6.07) is 5.33. The minimum absolute atomic E-state index is 0.0528. The minimum atomic E-state index is -0.0528. The second kappa shape index (κ2) is 5.58. The molecule has 1 heterocycles. The van der Waals surface area contributed by atoms with Crippen LogP contribution in [0.4, 0.5) is 0 Å². The van der Waals surface area contributed by atoms with Crippen molar-refractivity contribution in [3.05, 3.63) is 49.9 Å². The largest absolute Gasteiger partial charge is 0.306 e. The van der Waals surface area contributed by atoms with E-state index in [1.165, 1.54) is 0 Å². The van der Waals surface area contributed by atoms with E-state index in [2.05, 4.69) is 9.97 Å². The lowest BCUT2D eigenvalue weighted by molar-refractivity contribution is 0.708. The van der Waals surface area contributed by atoms with Gasteiger partial charge in [-0.15, -0.1) is 0 Å². The minimum Gasteiger partial charge on any atom is -0.306 e. The Morgan fingerprint density at radius 3 is 2.75 bits per heavy atom. The summed E-state index contributed by atoms with van der Waals surface area (Å²) in [4.78, 5) is 19.7. The van der Waals surface area contributed by atoms with Crippen LogP contribution in [-0.2, 0) is 12.8 Å². The Labute approximate surface area is 127 Å². The first-order valence-corrected chi connectivity index (χ1v) is 7.49. The highest BCUT2D eigenvalue weighted by Crippen LogP contribution is 2.31. The van der Waals surface area contributed by atoms with Crippen LogP contribution >= 0.6 is 23.2 Å². The smallest absolute Gasteiger partial charge is 0.254 e. The molecule has 0 spiro atoms. The van der Waals surface area contributed by atoms with Crippen molar-refractivity contribution in [1.82, 2.24) is 9.97 Å². The van der Waals surface area contributed by atoms with Crippen LogP contribution in [0.3, 0.4) is 0 Å². The van der Waals surface area contributed by atoms with Crippen LogP contribution in [0.15, 0.2) is 23.0 Å². The number of nitrogens with one attached hydrogen (secondary N) is 1. The summed E-state index contributed by atoms with van der Waals surface area (Å²) in [6.07, 6.45) is 4.93. The summed E-state index contributed by atoms with van der Waals surface area (Å²) in [5.41, 5.74) is 2.34. The SMILES string of the molecule is O=c1[nH]c(-c2cccc(Cl)c2Cl)nc2c1CCCCC2. The molecule has 0 unspecified atom stereocenters. The van der Waals surface area contributed by atoms with Crippen molar-refractivity contribution in [2.45, 2.75) is 32.1 Å². The lowest BCUT2D eigenvalue weighted by atomic mass is 10.1. The topological polar surface area (TPSA) is 45.8 Å². The van der Waals surface area contributed by atoms with E-state index in [4.69, 9.17) is 23.2 Å². The van der Waals surface area contributed by atoms with Gasteiger partial charge in [-0.25, -0.2) is 4.98 Å². The van der Waals surface area contributed by atoms with Crippen molar-refractivity contribution in [3.63, 3.8) is 0 Å². The van der Waals surface area contributed by atoms with E-state index in [0.717, 1.165) is 43.4 Å². The predicted molar refractivity (Wildman–Crippen MR) is 81.6 cm³/mol. The Kier molecular flexibility index (Phi) is 3.81. The molecule has 1 aromatic heterocycles. The standard InChI is InChI=1S/C15H14Cl2N2O/c16-11-7-4-6-10(13(11)17)14-18-12-8-3-1-2-5-9(12)15(20)19-14/h4,6-7H,1-3,5,8H2,(H,18,19,20). The van der Waals surface area contributed by atoms with E-state index in [9.17, 15) is 4.79 Å². The van der Waals surface area contributed by atoms with Crippen LogP contribution in [0.1, 0.15) is 30.5 Å². The molecule has 0 atom stereocenters. The van der Waals surface area contributed by atoms with Crippen LogP contribution < -0.4 is 5.56 Å². The van der Waals surface area contributed by atoms with Crippen molar-refractivity contribution in [1.29, 1.82) is 0 Å². The number of rotatable bonds is 1. The zero-order chi connectivity index (χ0) is 14.1. The molecule has 0 fully saturated rings. The molecule has 5 heteroatoms. The summed E-state index contributed by atoms with van der Waals surface area (Å²) >= 11 is 12.2. The maximum absolute atomic E-state index is 12.2. The van der Waals surface area contributed by atoms with Crippen molar-refractivity contribution >= 4 is 23.2 Å². The van der Waals surface area contributed by atoms with Crippen molar-refractivity contribution in [3.8, 4) is 11.4 Å². The first-order valence-electron chi connectivity index (χ1n) is 6.73. The number of nitrogens with zero attached hydrogens (tertiary/aromatic N) is 1. The van der Waals surface area contributed by atoms with Gasteiger partial charge in [0.1, 0.15) is 5.82 Å². The van der Waals surface area contributed by atoms with Crippen molar-refractivity contribution < 1.29 is 0 Å². The summed E-state index contributed by atoms with van der Waals surface area (Å²) in [6.45, 7) is 0. The Bertz CT molecular complexity index is 710. The van der Waals surface area contributed by atoms with Crippen LogP contribution in [0.25, 0.3) is 11.4 Å². The Hall–Kier alpha value is -1.32. The number of aromatic nitrogens is 2. The van der Waals surface area contributed by atoms with Crippen molar-refractivity contribution in [2.24, 2.45) is 0 Å². The first-order chi connectivity index (χ1) is 9.66. The lowest BCUT2D eigenvalue weighted by Gasteiger charge is -2.09. The average molecular weight is 309 g/mol. The number of benzene rings is 1. The summed E-state index contributed by atoms with van der Waals surface area (Å²) < 4.78 is 0. The van der Waals surface area contributed by atoms with E-state index in [1.54, 1.807) is 12.1 Å². The maximum Gasteiger partial charge on any atom is 0.254 e. The molecule has 20 heavy (non-hydrogen) atoms. The number of fused-ring (bicyclic) bond motifs is 1. The molecule has 2 aromatic rings. The molecular weight excluding hydrogens is 295 g/mol. The van der Waals surface area contributed by atoms with Crippen LogP contribution in [-0.4, -0.2) is 9.97 Å². The lowest BCUT2D eigenvalue weighted by Crippen LogP contribution is -2.18. The first kappa shape index (κ1) is 13.7. The van der Waals surface area contributed by atoms with E-state index < -0.39 is 0 Å². The van der Waals surface area contributed by atoms with Gasteiger partial charge in [-0.05, 0) is 37.8 Å². The second-order valence-corrected chi connectivity index (χ2v) is 5.79. The van der Waals surface area contributed by atoms with Gasteiger partial charge in [0, 0.05) is 11.1 Å². The van der Waals surface area contributed by atoms with Crippen LogP contribution in [0.2, 0.25) is 10.0 Å². The molecule has 0 aliphatic heterocycles. The summed E-state index contributed by atoms with van der Waals surface area (Å²) in [5, 5.41) is 0.882. The Morgan fingerprint density at radius 1 is 1.10 bits per heavy atom. The monoisotopic (exact) mass is 308 g/mol. The van der Waals surface area contributed by atoms with Gasteiger partial charge in [0.2, 0.25) is 0 Å². The third-order valence-corrected chi connectivity index (χ3v) is 4.47. The van der Waals surface area contributed by atoms with Gasteiger partial charge in [0.05, 0.1) is 15.7 Å². The molecule has 1 aromatic carbocycles. The van der Waals surface area contributed by atoms with Gasteiger partial charge in [-0.1, -0.05) is 35.7 Å². The summed E-state index contributed by atoms with van der Waals surface area (Å²) in [7, 11) is 0. The van der Waals surface area contributed by atoms with E-state index in [0.29, 0.717) is 21.4 Å². The molecule has 0 saturated heterocycles. The number of halogens is 2. The van der Waals surface area contributed by atoms with Gasteiger partial charge < -0.3 is 4.98 Å². The number of aryl methyl sites for hydroxylation is 1. The third kappa shape index (κ3) is 2.48. The molecule has 1 N–H and O–H groups in total. The fourth-order valence-electron chi connectivity index (χ4n) is 2.59. The zero-order valence-electron chi connectivity index (χ0n) is 10.9. The number of aromatic amines is 1. The molecule has 104 valence electrons. The van der Waals surface area contributed by atoms with Crippen molar-refractivity contribution in [2.75, 3.05) is 0 Å². The zero-order valence-corrected chi connectivity index (χ0v) is 12.4. The molecule has 1 aliphatic rings. The molecule has 1 aliphatic carbocycles. The maximum atomic E-state index is 12.2. The van der Waals surface area contributed by atoms with Crippen LogP contribution in [0.5, 0.6) is 0 Å². The highest BCUT2D eigenvalue weighted by atomic mass is 35.5. The van der Waals surface area contributed by atoms with E-state index >= 15 is 0 Å². The quantitative estimate of drug-likeness (QED) is 0.809. The van der Waals surface area contributed by atoms with Gasteiger partial charge in [0.15, 0.2) is 0 Å². The van der Waals surface area contributed by atoms with E-state index in [1.807, 2.05) is 6.07 Å². The molecule has 0 amide bonds.